The van der Waals surface area contributed by atoms with Crippen molar-refractivity contribution in [3.05, 3.63) is 36.0 Å². The van der Waals surface area contributed by atoms with Gasteiger partial charge in [0.1, 0.15) is 36.3 Å². The number of H-pyrrole nitrogens is 1. The molecule has 7 atom stereocenters. The van der Waals surface area contributed by atoms with Crippen molar-refractivity contribution in [3.63, 3.8) is 0 Å². The number of carbonyl (C=O) groups excluding carboxylic acids is 7. The number of nitrogens with two attached hydrogens (primary N) is 4. The summed E-state index contributed by atoms with van der Waals surface area (Å²) in [6.07, 6.45) is 0.505. The first-order chi connectivity index (χ1) is 28.9. The molecular formula is C36H52N12O11S2. The molecule has 1 saturated heterocycles. The Balaban J connectivity index is 1.90. The van der Waals surface area contributed by atoms with Crippen LogP contribution in [-0.2, 0) is 49.6 Å². The number of hydrogen-bond acceptors (Lipinski definition) is 13. The molecule has 1 aromatic carbocycles. The number of fused-ring (bicyclic) bond motifs is 1. The fraction of sp³-hybridized carbons (Fsp3) is 0.500. The number of aromatic amines is 1. The monoisotopic (exact) mass is 892 g/mol. The number of guanidine groups is 1. The number of nitrogens with one attached hydrogen (secondary N) is 6. The third-order valence-electron chi connectivity index (χ3n) is 9.51. The third kappa shape index (κ3) is 14.9. The lowest BCUT2D eigenvalue weighted by Crippen LogP contribution is -2.60. The molecule has 0 unspecified atom stereocenters. The molecule has 0 spiro atoms. The van der Waals surface area contributed by atoms with Gasteiger partial charge in [0.25, 0.3) is 0 Å². The van der Waals surface area contributed by atoms with Crippen LogP contribution in [0.2, 0.25) is 0 Å². The summed E-state index contributed by atoms with van der Waals surface area (Å²) in [5.41, 5.74) is 23.4. The van der Waals surface area contributed by atoms with Crippen molar-refractivity contribution in [3.8, 4) is 0 Å². The van der Waals surface area contributed by atoms with Gasteiger partial charge in [0.2, 0.25) is 41.4 Å². The maximum absolute atomic E-state index is 14.2. The number of carbonyl (C=O) groups is 9. The minimum Gasteiger partial charge on any atom is -0.481 e. The van der Waals surface area contributed by atoms with E-state index >= 15 is 0 Å². The summed E-state index contributed by atoms with van der Waals surface area (Å²) >= 11 is 8.00. The van der Waals surface area contributed by atoms with Crippen LogP contribution in [0.3, 0.4) is 0 Å². The van der Waals surface area contributed by atoms with Crippen LogP contribution in [0.15, 0.2) is 35.5 Å². The SMILES string of the molecule is NC(=O)C[C@H](NC(=O)[C@H](Cc1c[nH]c2ccccc12)NC(=O)[C@@H]1CCCN1C(=O)[C@@H](N)CC(=O)O)C(=O)N[C@@H](CCCN=C(N)N)C(=O)N[C@@H](CS)C(=O)N[C@@H](CS)C(=O)O. The van der Waals surface area contributed by atoms with Crippen molar-refractivity contribution in [2.45, 2.75) is 87.2 Å². The molecule has 1 fully saturated rings. The molecule has 0 aliphatic carbocycles. The second-order valence-corrected chi connectivity index (χ2v) is 14.8. The Morgan fingerprint density at radius 1 is 0.803 bits per heavy atom. The first kappa shape index (κ1) is 49.3. The molecule has 2 heterocycles. The lowest BCUT2D eigenvalue weighted by molar-refractivity contribution is -0.144. The molecule has 1 aliphatic heterocycles. The molecule has 0 saturated carbocycles. The molecule has 16 N–H and O–H groups in total. The van der Waals surface area contributed by atoms with Crippen LogP contribution in [0, 0.1) is 0 Å². The number of rotatable bonds is 24. The molecule has 61 heavy (non-hydrogen) atoms. The fourth-order valence-electron chi connectivity index (χ4n) is 6.44. The van der Waals surface area contributed by atoms with Gasteiger partial charge in [-0.05, 0) is 37.3 Å². The highest BCUT2D eigenvalue weighted by atomic mass is 32.1. The summed E-state index contributed by atoms with van der Waals surface area (Å²) in [5.74, 6) is -9.95. The Kier molecular flexibility index (Phi) is 19.1. The Hall–Kier alpha value is -6.08. The minimum absolute atomic E-state index is 0.00683. The largest absolute Gasteiger partial charge is 0.481 e. The lowest BCUT2D eigenvalue weighted by atomic mass is 10.0. The van der Waals surface area contributed by atoms with Crippen molar-refractivity contribution in [2.24, 2.45) is 27.9 Å². The van der Waals surface area contributed by atoms with Crippen molar-refractivity contribution < 1.29 is 53.4 Å². The van der Waals surface area contributed by atoms with Crippen molar-refractivity contribution >= 4 is 95.4 Å². The molecule has 1 aliphatic rings. The van der Waals surface area contributed by atoms with E-state index in [1.54, 1.807) is 30.5 Å². The zero-order valence-electron chi connectivity index (χ0n) is 32.9. The molecule has 1 aromatic heterocycles. The highest BCUT2D eigenvalue weighted by Gasteiger charge is 2.39. The first-order valence-corrected chi connectivity index (χ1v) is 20.3. The Morgan fingerprint density at radius 2 is 1.39 bits per heavy atom. The topological polar surface area (TPSA) is 390 Å². The summed E-state index contributed by atoms with van der Waals surface area (Å²) in [4.78, 5) is 124. The van der Waals surface area contributed by atoms with E-state index in [2.05, 4.69) is 61.8 Å². The van der Waals surface area contributed by atoms with Gasteiger partial charge in [-0.15, -0.1) is 0 Å². The number of hydrogen-bond donors (Lipinski definition) is 14. The number of amides is 7. The standard InChI is InChI=1S/C36H52N12O11S2/c37-19(12-28(50)51)34(57)48-10-4-8-26(48)33(56)45-22(11-17-14-42-20-6-2-1-5-18(17)20)30(53)44-23(13-27(38)49)31(54)43-21(7-3-9-41-36(39)40)29(52)46-24(15-60)32(55)47-25(16-61)35(58)59/h1-2,5-6,14,19,21-26,42,60-61H,3-4,7-13,15-16,37H2,(H2,38,49)(H,43,54)(H,44,53)(H,45,56)(H,46,52)(H,47,55)(H,50,51)(H,58,59)(H4,39,40,41)/t19-,21-,22-,23-,24-,25-,26-/m0/s1. The molecule has 2 aromatic rings. The molecule has 23 nitrogen and oxygen atoms in total. The Bertz CT molecular complexity index is 1980. The number of thiol groups is 2. The number of carboxylic acids is 2. The number of benzene rings is 1. The van der Waals surface area contributed by atoms with Gasteiger partial charge in [0, 0.05) is 48.1 Å². The second kappa shape index (κ2) is 23.6. The van der Waals surface area contributed by atoms with Crippen molar-refractivity contribution in [1.82, 2.24) is 36.5 Å². The second-order valence-electron chi connectivity index (χ2n) is 14.1. The normalized spacial score (nSPS) is 16.4. The highest BCUT2D eigenvalue weighted by Crippen LogP contribution is 2.22. The highest BCUT2D eigenvalue weighted by molar-refractivity contribution is 7.80. The smallest absolute Gasteiger partial charge is 0.327 e. The van der Waals surface area contributed by atoms with Crippen LogP contribution in [0.4, 0.5) is 0 Å². The zero-order chi connectivity index (χ0) is 45.4. The summed E-state index contributed by atoms with van der Waals surface area (Å²) in [6.45, 7) is 0.107. The van der Waals surface area contributed by atoms with Gasteiger partial charge in [-0.25, -0.2) is 4.79 Å². The number of para-hydroxylation sites is 1. The van der Waals surface area contributed by atoms with Crippen LogP contribution >= 0.6 is 25.3 Å². The quantitative estimate of drug-likeness (QED) is 0.0206. The van der Waals surface area contributed by atoms with E-state index in [0.717, 1.165) is 4.90 Å². The average molecular weight is 893 g/mol. The van der Waals surface area contributed by atoms with E-state index in [1.807, 2.05) is 0 Å². The Labute approximate surface area is 360 Å². The van der Waals surface area contributed by atoms with E-state index in [1.165, 1.54) is 0 Å². The van der Waals surface area contributed by atoms with Gasteiger partial charge in [-0.2, -0.15) is 25.3 Å². The summed E-state index contributed by atoms with van der Waals surface area (Å²) in [7, 11) is 0. The molecule has 334 valence electrons. The van der Waals surface area contributed by atoms with Gasteiger partial charge in [-0.1, -0.05) is 18.2 Å². The molecular weight excluding hydrogens is 841 g/mol. The van der Waals surface area contributed by atoms with Crippen molar-refractivity contribution in [2.75, 3.05) is 24.6 Å². The van der Waals surface area contributed by atoms with Crippen LogP contribution in [0.25, 0.3) is 10.9 Å². The van der Waals surface area contributed by atoms with Gasteiger partial charge in [0.15, 0.2) is 5.96 Å². The van der Waals surface area contributed by atoms with Crippen LogP contribution in [0.1, 0.15) is 44.1 Å². The molecule has 0 radical (unpaired) electrons. The maximum Gasteiger partial charge on any atom is 0.327 e. The molecule has 25 heteroatoms. The van der Waals surface area contributed by atoms with Gasteiger partial charge < -0.3 is 69.6 Å². The van der Waals surface area contributed by atoms with E-state index in [4.69, 9.17) is 28.0 Å². The predicted octanol–water partition coefficient (Wildman–Crippen LogP) is -4.20. The number of aliphatic carboxylic acids is 2. The minimum atomic E-state index is -1.73. The van der Waals surface area contributed by atoms with Crippen LogP contribution in [0.5, 0.6) is 0 Å². The molecule has 7 amide bonds. The van der Waals surface area contributed by atoms with Gasteiger partial charge in [-0.3, -0.25) is 43.3 Å². The zero-order valence-corrected chi connectivity index (χ0v) is 34.7. The number of nitrogens with zero attached hydrogens (tertiary/aromatic N) is 2. The van der Waals surface area contributed by atoms with E-state index in [9.17, 15) is 48.3 Å². The van der Waals surface area contributed by atoms with E-state index < -0.39 is 108 Å². The lowest BCUT2D eigenvalue weighted by Gasteiger charge is -2.29. The summed E-state index contributed by atoms with van der Waals surface area (Å²) in [5, 5.41) is 31.3. The summed E-state index contributed by atoms with van der Waals surface area (Å²) < 4.78 is 0. The van der Waals surface area contributed by atoms with Gasteiger partial charge >= 0.3 is 11.9 Å². The predicted molar refractivity (Wildman–Crippen MR) is 226 cm³/mol. The maximum atomic E-state index is 14.2. The fourth-order valence-corrected chi connectivity index (χ4v) is 6.95. The van der Waals surface area contributed by atoms with E-state index in [0.29, 0.717) is 22.9 Å². The van der Waals surface area contributed by atoms with Crippen LogP contribution < -0.4 is 49.5 Å². The third-order valence-corrected chi connectivity index (χ3v) is 10.2. The van der Waals surface area contributed by atoms with E-state index in [-0.39, 0.29) is 56.2 Å². The van der Waals surface area contributed by atoms with Crippen LogP contribution in [-0.4, -0.2) is 146 Å². The van der Waals surface area contributed by atoms with Crippen molar-refractivity contribution in [1.29, 1.82) is 0 Å². The number of primary amides is 1. The Morgan fingerprint density at radius 3 is 2.02 bits per heavy atom. The molecule has 3 rings (SSSR count). The number of likely N-dealkylation sites (tertiary alicyclic amines) is 1. The average Bonchev–Trinajstić information content (AvgIpc) is 3.86. The first-order valence-electron chi connectivity index (χ1n) is 19.0. The summed E-state index contributed by atoms with van der Waals surface area (Å²) in [6, 6.07) is -2.86. The number of carboxylic acid groups (broad SMARTS) is 2. The molecule has 0 bridgehead atoms. The van der Waals surface area contributed by atoms with Gasteiger partial charge in [0.05, 0.1) is 18.9 Å². The number of aliphatic imine (C=N–C) groups is 1. The number of aromatic nitrogens is 1.